The van der Waals surface area contributed by atoms with Gasteiger partial charge in [-0.2, -0.15) is 0 Å². The highest BCUT2D eigenvalue weighted by atomic mass is 16.2. The zero-order valence-corrected chi connectivity index (χ0v) is 11.8. The van der Waals surface area contributed by atoms with Gasteiger partial charge in [0.1, 0.15) is 0 Å². The van der Waals surface area contributed by atoms with Gasteiger partial charge in [-0.3, -0.25) is 9.59 Å². The summed E-state index contributed by atoms with van der Waals surface area (Å²) in [7, 11) is 0. The summed E-state index contributed by atoms with van der Waals surface area (Å²) in [4.78, 5) is 28.0. The van der Waals surface area contributed by atoms with E-state index in [0.717, 1.165) is 42.6 Å². The number of nitrogens with one attached hydrogen (secondary N) is 1. The van der Waals surface area contributed by atoms with E-state index in [-0.39, 0.29) is 11.5 Å². The molecule has 0 atom stereocenters. The van der Waals surface area contributed by atoms with Gasteiger partial charge in [-0.25, -0.2) is 0 Å². The predicted molar refractivity (Wildman–Crippen MR) is 82.3 cm³/mol. The second-order valence-electron chi connectivity index (χ2n) is 5.37. The van der Waals surface area contributed by atoms with Crippen molar-refractivity contribution < 1.29 is 4.79 Å². The molecule has 0 saturated carbocycles. The number of amides is 1. The summed E-state index contributed by atoms with van der Waals surface area (Å²) in [5, 5.41) is 0. The molecule has 1 aliphatic heterocycles. The van der Waals surface area contributed by atoms with E-state index in [1.165, 1.54) is 12.5 Å². The smallest absolute Gasteiger partial charge is 0.253 e. The Hall–Kier alpha value is -2.36. The fourth-order valence-electron chi connectivity index (χ4n) is 2.67. The minimum Gasteiger partial charge on any atom is -0.339 e. The number of benzene rings is 1. The first-order valence-corrected chi connectivity index (χ1v) is 7.32. The Morgan fingerprint density at radius 3 is 2.19 bits per heavy atom. The number of hydrogen-bond acceptors (Lipinski definition) is 2. The van der Waals surface area contributed by atoms with E-state index in [0.29, 0.717) is 0 Å². The molecule has 3 rings (SSSR count). The number of H-pyrrole nitrogens is 1. The molecule has 21 heavy (non-hydrogen) atoms. The molecule has 4 heteroatoms. The minimum atomic E-state index is -0.115. The molecule has 1 amide bonds. The number of carbonyl (C=O) groups is 1. The lowest BCUT2D eigenvalue weighted by molar-refractivity contribution is 0.0724. The average Bonchev–Trinajstić information content (AvgIpc) is 2.56. The molecule has 0 radical (unpaired) electrons. The van der Waals surface area contributed by atoms with Crippen molar-refractivity contribution in [3.63, 3.8) is 0 Å². The summed E-state index contributed by atoms with van der Waals surface area (Å²) in [6.07, 6.45) is 5.10. The van der Waals surface area contributed by atoms with Gasteiger partial charge in [0.15, 0.2) is 0 Å². The average molecular weight is 282 g/mol. The first-order valence-electron chi connectivity index (χ1n) is 7.32. The maximum Gasteiger partial charge on any atom is 0.253 e. The normalized spacial score (nSPS) is 15.0. The van der Waals surface area contributed by atoms with Gasteiger partial charge in [-0.05, 0) is 48.6 Å². The summed E-state index contributed by atoms with van der Waals surface area (Å²) in [6.45, 7) is 1.72. The highest BCUT2D eigenvalue weighted by Gasteiger charge is 2.17. The third-order valence-corrected chi connectivity index (χ3v) is 3.89. The molecule has 1 saturated heterocycles. The van der Waals surface area contributed by atoms with E-state index in [1.807, 2.05) is 29.2 Å². The molecule has 0 bridgehead atoms. The number of piperidine rings is 1. The molecule has 108 valence electrons. The number of aromatic amines is 1. The summed E-state index contributed by atoms with van der Waals surface area (Å²) >= 11 is 0. The third-order valence-electron chi connectivity index (χ3n) is 3.89. The summed E-state index contributed by atoms with van der Waals surface area (Å²) < 4.78 is 0. The van der Waals surface area contributed by atoms with E-state index in [2.05, 4.69) is 4.98 Å². The molecule has 1 aromatic carbocycles. The van der Waals surface area contributed by atoms with Crippen LogP contribution in [-0.2, 0) is 0 Å². The van der Waals surface area contributed by atoms with Gasteiger partial charge in [0.25, 0.3) is 5.91 Å². The number of aromatic nitrogens is 1. The fraction of sp³-hybridized carbons (Fsp3) is 0.294. The Morgan fingerprint density at radius 2 is 1.57 bits per heavy atom. The molecule has 0 aliphatic carbocycles. The summed E-state index contributed by atoms with van der Waals surface area (Å²) in [5.41, 5.74) is 2.54. The van der Waals surface area contributed by atoms with Gasteiger partial charge >= 0.3 is 0 Å². The minimum absolute atomic E-state index is 0.114. The van der Waals surface area contributed by atoms with Gasteiger partial charge in [-0.1, -0.05) is 12.1 Å². The molecule has 1 fully saturated rings. The predicted octanol–water partition coefficient (Wildman–Crippen LogP) is 2.67. The first kappa shape index (κ1) is 13.6. The maximum absolute atomic E-state index is 12.4. The van der Waals surface area contributed by atoms with Crippen LogP contribution in [0.3, 0.4) is 0 Å². The number of hydrogen-bond donors (Lipinski definition) is 1. The van der Waals surface area contributed by atoms with Crippen LogP contribution in [0.1, 0.15) is 29.6 Å². The topological polar surface area (TPSA) is 53.2 Å². The zero-order chi connectivity index (χ0) is 14.7. The molecule has 2 heterocycles. The monoisotopic (exact) mass is 282 g/mol. The first-order chi connectivity index (χ1) is 10.2. The zero-order valence-electron chi connectivity index (χ0n) is 11.8. The quantitative estimate of drug-likeness (QED) is 0.920. The SMILES string of the molecule is O=C(c1ccc(-c2ccc(=O)[nH]c2)cc1)N1CCCCC1. The Bertz CT molecular complexity index is 662. The Kier molecular flexibility index (Phi) is 3.86. The van der Waals surface area contributed by atoms with Crippen molar-refractivity contribution in [2.45, 2.75) is 19.3 Å². The largest absolute Gasteiger partial charge is 0.339 e. The van der Waals surface area contributed by atoms with Crippen LogP contribution in [0.4, 0.5) is 0 Å². The molecule has 1 aliphatic rings. The van der Waals surface area contributed by atoms with Gasteiger partial charge in [-0.15, -0.1) is 0 Å². The van der Waals surface area contributed by atoms with E-state index in [9.17, 15) is 9.59 Å². The molecule has 4 nitrogen and oxygen atoms in total. The number of pyridine rings is 1. The Balaban J connectivity index is 1.78. The number of rotatable bonds is 2. The van der Waals surface area contributed by atoms with Gasteiger partial charge < -0.3 is 9.88 Å². The van der Waals surface area contributed by atoms with Crippen molar-refractivity contribution in [3.8, 4) is 11.1 Å². The Morgan fingerprint density at radius 1 is 0.905 bits per heavy atom. The second kappa shape index (κ2) is 5.95. The Labute approximate surface area is 123 Å². The van der Waals surface area contributed by atoms with Crippen molar-refractivity contribution in [2.75, 3.05) is 13.1 Å². The maximum atomic E-state index is 12.4. The van der Waals surface area contributed by atoms with Gasteiger partial charge in [0.2, 0.25) is 5.56 Å². The van der Waals surface area contributed by atoms with Crippen LogP contribution in [0.5, 0.6) is 0 Å². The van der Waals surface area contributed by atoms with Crippen molar-refractivity contribution in [2.24, 2.45) is 0 Å². The molecular weight excluding hydrogens is 264 g/mol. The van der Waals surface area contributed by atoms with Crippen molar-refractivity contribution in [3.05, 3.63) is 58.5 Å². The third kappa shape index (κ3) is 3.05. The fourth-order valence-corrected chi connectivity index (χ4v) is 2.67. The second-order valence-corrected chi connectivity index (χ2v) is 5.37. The lowest BCUT2D eigenvalue weighted by Crippen LogP contribution is -2.35. The van der Waals surface area contributed by atoms with Crippen LogP contribution in [0.15, 0.2) is 47.4 Å². The molecule has 2 aromatic rings. The van der Waals surface area contributed by atoms with E-state index >= 15 is 0 Å². The van der Waals surface area contributed by atoms with Gasteiger partial charge in [0.05, 0.1) is 0 Å². The number of nitrogens with zero attached hydrogens (tertiary/aromatic N) is 1. The van der Waals surface area contributed by atoms with E-state index in [4.69, 9.17) is 0 Å². The molecule has 1 N–H and O–H groups in total. The lowest BCUT2D eigenvalue weighted by atomic mass is 10.0. The molecular formula is C17H18N2O2. The van der Waals surface area contributed by atoms with Crippen molar-refractivity contribution in [1.82, 2.24) is 9.88 Å². The van der Waals surface area contributed by atoms with Gasteiger partial charge in [0, 0.05) is 30.9 Å². The van der Waals surface area contributed by atoms with Crippen LogP contribution < -0.4 is 5.56 Å². The van der Waals surface area contributed by atoms with Crippen LogP contribution >= 0.6 is 0 Å². The van der Waals surface area contributed by atoms with E-state index < -0.39 is 0 Å². The van der Waals surface area contributed by atoms with Crippen LogP contribution in [0, 0.1) is 0 Å². The highest BCUT2D eigenvalue weighted by molar-refractivity contribution is 5.94. The summed E-state index contributed by atoms with van der Waals surface area (Å²) in [5.74, 6) is 0.114. The van der Waals surface area contributed by atoms with Crippen LogP contribution in [0.25, 0.3) is 11.1 Å². The number of likely N-dealkylation sites (tertiary alicyclic amines) is 1. The molecule has 0 spiro atoms. The highest BCUT2D eigenvalue weighted by Crippen LogP contribution is 2.19. The lowest BCUT2D eigenvalue weighted by Gasteiger charge is -2.26. The van der Waals surface area contributed by atoms with Crippen LogP contribution in [0.2, 0.25) is 0 Å². The van der Waals surface area contributed by atoms with Crippen molar-refractivity contribution >= 4 is 5.91 Å². The molecule has 0 unspecified atom stereocenters. The van der Waals surface area contributed by atoms with E-state index in [1.54, 1.807) is 12.3 Å². The van der Waals surface area contributed by atoms with Crippen molar-refractivity contribution in [1.29, 1.82) is 0 Å². The number of carbonyl (C=O) groups excluding carboxylic acids is 1. The standard InChI is InChI=1S/C17H18N2O2/c20-16-9-8-15(12-18-16)13-4-6-14(7-5-13)17(21)19-10-2-1-3-11-19/h4-9,12H,1-3,10-11H2,(H,18,20). The van der Waals surface area contributed by atoms with Crippen LogP contribution in [-0.4, -0.2) is 28.9 Å². The summed E-state index contributed by atoms with van der Waals surface area (Å²) in [6, 6.07) is 10.8. The molecule has 1 aromatic heterocycles.